The third kappa shape index (κ3) is 4.05. The highest BCUT2D eigenvalue weighted by Crippen LogP contribution is 2.40. The van der Waals surface area contributed by atoms with E-state index in [-0.39, 0.29) is 16.5 Å². The molecule has 0 aliphatic carbocycles. The first kappa shape index (κ1) is 21.8. The second kappa shape index (κ2) is 7.63. The lowest BCUT2D eigenvalue weighted by Gasteiger charge is -2.27. The van der Waals surface area contributed by atoms with Crippen LogP contribution in [0.4, 0.5) is 0 Å². The Morgan fingerprint density at radius 1 is 0.875 bits per heavy atom. The summed E-state index contributed by atoms with van der Waals surface area (Å²) in [4.78, 5) is 17.2. The van der Waals surface area contributed by atoms with Gasteiger partial charge < -0.3 is 9.84 Å². The van der Waals surface area contributed by atoms with E-state index in [4.69, 9.17) is 4.74 Å². The highest BCUT2D eigenvalue weighted by atomic mass is 16.6. The van der Waals surface area contributed by atoms with E-state index >= 15 is 0 Å². The van der Waals surface area contributed by atoms with Crippen LogP contribution in [0.1, 0.15) is 63.8 Å². The molecule has 3 aromatic rings. The zero-order chi connectivity index (χ0) is 23.3. The molecular weight excluding hydrogens is 398 g/mol. The van der Waals surface area contributed by atoms with Crippen molar-refractivity contribution >= 4 is 28.7 Å². The molecule has 0 aromatic heterocycles. The molecule has 1 aliphatic heterocycles. The number of nitrogens with zero attached hydrogens (tertiary/aromatic N) is 1. The first-order valence-corrected chi connectivity index (χ1v) is 10.8. The van der Waals surface area contributed by atoms with E-state index in [2.05, 4.69) is 46.5 Å². The van der Waals surface area contributed by atoms with E-state index in [1.54, 1.807) is 6.08 Å². The van der Waals surface area contributed by atoms with E-state index in [1.165, 1.54) is 0 Å². The monoisotopic (exact) mass is 427 g/mol. The van der Waals surface area contributed by atoms with Crippen LogP contribution in [0.3, 0.4) is 0 Å². The summed E-state index contributed by atoms with van der Waals surface area (Å²) < 4.78 is 5.55. The van der Waals surface area contributed by atoms with Gasteiger partial charge in [0.2, 0.25) is 5.90 Å². The molecule has 1 aliphatic rings. The van der Waals surface area contributed by atoms with Crippen molar-refractivity contribution in [1.29, 1.82) is 0 Å². The van der Waals surface area contributed by atoms with Gasteiger partial charge >= 0.3 is 5.97 Å². The number of cyclic esters (lactones) is 1. The third-order valence-corrected chi connectivity index (χ3v) is 5.69. The number of phenols is 1. The van der Waals surface area contributed by atoms with Crippen LogP contribution in [0.2, 0.25) is 0 Å². The molecule has 3 aromatic carbocycles. The number of phenolic OH excluding ortho intramolecular Hbond substituents is 1. The van der Waals surface area contributed by atoms with E-state index in [0.29, 0.717) is 11.6 Å². The number of hydrogen-bond donors (Lipinski definition) is 1. The Balaban J connectivity index is 1.83. The van der Waals surface area contributed by atoms with E-state index in [1.807, 2.05) is 54.6 Å². The standard InChI is InChI=1S/C28H29NO3/c1-27(2,3)21-14-17(15-22(24(21)30)28(4,5)6)16-23-26(31)32-25(29-23)20-13-9-11-18-10-7-8-12-19(18)20/h7-16,30H,1-6H3/b23-16+. The van der Waals surface area contributed by atoms with Gasteiger partial charge in [-0.05, 0) is 51.4 Å². The van der Waals surface area contributed by atoms with Gasteiger partial charge in [-0.15, -0.1) is 0 Å². The highest BCUT2D eigenvalue weighted by Gasteiger charge is 2.28. The van der Waals surface area contributed by atoms with Crippen LogP contribution in [0, 0.1) is 0 Å². The smallest absolute Gasteiger partial charge is 0.363 e. The molecule has 1 N–H and O–H groups in total. The van der Waals surface area contributed by atoms with Crippen molar-refractivity contribution in [2.45, 2.75) is 52.4 Å². The van der Waals surface area contributed by atoms with Crippen LogP contribution in [0.15, 0.2) is 65.3 Å². The molecule has 0 saturated heterocycles. The Bertz CT molecular complexity index is 1240. The molecule has 0 bridgehead atoms. The highest BCUT2D eigenvalue weighted by molar-refractivity contribution is 6.17. The number of carbonyl (C=O) groups is 1. The van der Waals surface area contributed by atoms with Gasteiger partial charge in [0.05, 0.1) is 0 Å². The largest absolute Gasteiger partial charge is 0.507 e. The number of esters is 1. The molecule has 0 unspecified atom stereocenters. The fourth-order valence-electron chi connectivity index (χ4n) is 3.98. The molecular formula is C28H29NO3. The summed E-state index contributed by atoms with van der Waals surface area (Å²) in [6, 6.07) is 17.7. The Hall–Kier alpha value is -3.40. The lowest BCUT2D eigenvalue weighted by Crippen LogP contribution is -2.17. The maximum atomic E-state index is 12.7. The quantitative estimate of drug-likeness (QED) is 0.376. The molecule has 1 heterocycles. The summed E-state index contributed by atoms with van der Waals surface area (Å²) in [5, 5.41) is 13.0. The molecule has 0 atom stereocenters. The van der Waals surface area contributed by atoms with Crippen molar-refractivity contribution in [2.75, 3.05) is 0 Å². The number of carbonyl (C=O) groups excluding carboxylic acids is 1. The Kier molecular flexibility index (Phi) is 5.20. The maximum absolute atomic E-state index is 12.7. The van der Waals surface area contributed by atoms with Crippen molar-refractivity contribution in [2.24, 2.45) is 4.99 Å². The lowest BCUT2D eigenvalue weighted by atomic mass is 9.78. The van der Waals surface area contributed by atoms with Crippen molar-refractivity contribution in [3.8, 4) is 5.75 Å². The second-order valence-corrected chi connectivity index (χ2v) is 10.3. The van der Waals surface area contributed by atoms with Gasteiger partial charge in [0.25, 0.3) is 0 Å². The summed E-state index contributed by atoms with van der Waals surface area (Å²) in [5.41, 5.74) is 3.00. The summed E-state index contributed by atoms with van der Waals surface area (Å²) in [6.45, 7) is 12.4. The summed E-state index contributed by atoms with van der Waals surface area (Å²) in [7, 11) is 0. The van der Waals surface area contributed by atoms with Gasteiger partial charge in [-0.2, -0.15) is 0 Å². The Morgan fingerprint density at radius 3 is 2.09 bits per heavy atom. The molecule has 0 spiro atoms. The number of ether oxygens (including phenoxy) is 1. The second-order valence-electron chi connectivity index (χ2n) is 10.3. The van der Waals surface area contributed by atoms with Crippen molar-refractivity contribution < 1.29 is 14.6 Å². The van der Waals surface area contributed by atoms with Gasteiger partial charge in [-0.3, -0.25) is 0 Å². The Labute approximate surface area is 189 Å². The maximum Gasteiger partial charge on any atom is 0.363 e. The molecule has 4 nitrogen and oxygen atoms in total. The zero-order valence-electron chi connectivity index (χ0n) is 19.5. The fourth-order valence-corrected chi connectivity index (χ4v) is 3.98. The van der Waals surface area contributed by atoms with Crippen LogP contribution < -0.4 is 0 Å². The first-order valence-electron chi connectivity index (χ1n) is 10.8. The molecule has 0 fully saturated rings. The van der Waals surface area contributed by atoms with E-state index in [0.717, 1.165) is 33.0 Å². The average molecular weight is 428 g/mol. The molecule has 0 radical (unpaired) electrons. The molecule has 32 heavy (non-hydrogen) atoms. The molecule has 164 valence electrons. The summed E-state index contributed by atoms with van der Waals surface area (Å²) >= 11 is 0. The van der Waals surface area contributed by atoms with Gasteiger partial charge in [0.15, 0.2) is 5.70 Å². The number of aromatic hydroxyl groups is 1. The number of aliphatic imine (C=N–C) groups is 1. The van der Waals surface area contributed by atoms with Crippen LogP contribution in [-0.2, 0) is 20.4 Å². The van der Waals surface area contributed by atoms with Crippen molar-refractivity contribution in [1.82, 2.24) is 0 Å². The first-order chi connectivity index (χ1) is 14.9. The topological polar surface area (TPSA) is 58.9 Å². The summed E-state index contributed by atoms with van der Waals surface area (Å²) in [5.74, 6) is 0.139. The number of rotatable bonds is 2. The Morgan fingerprint density at radius 2 is 1.47 bits per heavy atom. The van der Waals surface area contributed by atoms with Crippen LogP contribution in [0.25, 0.3) is 16.8 Å². The van der Waals surface area contributed by atoms with Crippen molar-refractivity contribution in [3.05, 3.63) is 82.5 Å². The van der Waals surface area contributed by atoms with Crippen LogP contribution in [0.5, 0.6) is 5.75 Å². The van der Waals surface area contributed by atoms with E-state index < -0.39 is 5.97 Å². The molecule has 4 rings (SSSR count). The van der Waals surface area contributed by atoms with Crippen molar-refractivity contribution in [3.63, 3.8) is 0 Å². The number of fused-ring (bicyclic) bond motifs is 1. The van der Waals surface area contributed by atoms with Crippen LogP contribution in [-0.4, -0.2) is 17.0 Å². The van der Waals surface area contributed by atoms with Gasteiger partial charge in [-0.1, -0.05) is 77.9 Å². The SMILES string of the molecule is CC(C)(C)c1cc(/C=C2/N=C(c3cccc4ccccc34)OC2=O)cc(C(C)(C)C)c1O. The zero-order valence-corrected chi connectivity index (χ0v) is 19.5. The molecule has 0 amide bonds. The van der Waals surface area contributed by atoms with E-state index in [9.17, 15) is 9.90 Å². The molecule has 4 heteroatoms. The minimum atomic E-state index is -0.476. The minimum Gasteiger partial charge on any atom is -0.507 e. The normalized spacial score (nSPS) is 15.9. The van der Waals surface area contributed by atoms with Gasteiger partial charge in [0, 0.05) is 16.7 Å². The molecule has 0 saturated carbocycles. The fraction of sp³-hybridized carbons (Fsp3) is 0.286. The average Bonchev–Trinajstić information content (AvgIpc) is 3.07. The summed E-state index contributed by atoms with van der Waals surface area (Å²) in [6.07, 6.45) is 1.74. The van der Waals surface area contributed by atoms with Gasteiger partial charge in [-0.25, -0.2) is 9.79 Å². The lowest BCUT2D eigenvalue weighted by molar-refractivity contribution is -0.129. The minimum absolute atomic E-state index is 0.248. The van der Waals surface area contributed by atoms with Crippen LogP contribution >= 0.6 is 0 Å². The van der Waals surface area contributed by atoms with Gasteiger partial charge in [0.1, 0.15) is 5.75 Å². The number of benzene rings is 3. The predicted molar refractivity (Wildman–Crippen MR) is 130 cm³/mol. The predicted octanol–water partition coefficient (Wildman–Crippen LogP) is 6.48. The third-order valence-electron chi connectivity index (χ3n) is 5.69. The number of hydrogen-bond acceptors (Lipinski definition) is 4.